The molecule has 3 radical (unpaired) electrons. The first-order valence-electron chi connectivity index (χ1n) is 2.32. The maximum atomic E-state index is 7.17. The summed E-state index contributed by atoms with van der Waals surface area (Å²) in [6, 6.07) is 0. The van der Waals surface area contributed by atoms with Gasteiger partial charge in [-0.3, -0.25) is 0 Å². The second-order valence-corrected chi connectivity index (χ2v) is 1.04. The van der Waals surface area contributed by atoms with Gasteiger partial charge in [0, 0.05) is 26.2 Å². The van der Waals surface area contributed by atoms with E-state index in [1.165, 1.54) is 0 Å². The Morgan fingerprint density at radius 1 is 0.385 bits per heavy atom. The van der Waals surface area contributed by atoms with Gasteiger partial charge in [0.05, 0.1) is 0 Å². The summed E-state index contributed by atoms with van der Waals surface area (Å²) in [6.45, 7) is 0. The molecular weight excluding hydrogens is 385 g/mol. The summed E-state index contributed by atoms with van der Waals surface area (Å²) in [5.41, 5.74) is 0. The van der Waals surface area contributed by atoms with Crippen molar-refractivity contribution in [3.8, 4) is 0 Å². The molecule has 0 heterocycles. The van der Waals surface area contributed by atoms with Gasteiger partial charge >= 0.3 is 22.0 Å². The first-order chi connectivity index (χ1) is 5.20. The van der Waals surface area contributed by atoms with Crippen molar-refractivity contribution in [3.05, 3.63) is 0 Å². The molecule has 0 aromatic carbocycles. The average Bonchev–Trinajstić information content (AvgIpc) is 1.54. The van der Waals surface area contributed by atoms with E-state index in [0.717, 1.165) is 0 Å². The molecule has 0 bridgehead atoms. The quantitative estimate of drug-likeness (QED) is 0.180. The van der Waals surface area contributed by atoms with Crippen molar-refractivity contribution in [2.75, 3.05) is 0 Å². The summed E-state index contributed by atoms with van der Waals surface area (Å²) in [6.07, 6.45) is 0. The van der Waals surface area contributed by atoms with Crippen LogP contribution in [0.1, 0.15) is 0 Å². The van der Waals surface area contributed by atoms with Crippen molar-refractivity contribution in [2.24, 2.45) is 0 Å². The number of rotatable bonds is 0. The SMILES string of the molecule is OB(O)O.OB(O)O.OB(O)O.[Bi]. The van der Waals surface area contributed by atoms with Gasteiger partial charge in [-0.25, -0.2) is 0 Å². The van der Waals surface area contributed by atoms with Gasteiger partial charge in [0.1, 0.15) is 0 Å². The van der Waals surface area contributed by atoms with Crippen LogP contribution in [0.5, 0.6) is 0 Å². The van der Waals surface area contributed by atoms with E-state index in [1.807, 2.05) is 0 Å². The molecule has 13 heteroatoms. The summed E-state index contributed by atoms with van der Waals surface area (Å²) in [4.78, 5) is 0. The molecule has 77 valence electrons. The Hall–Kier alpha value is 0.718. The molecule has 0 fully saturated rings. The number of hydrogen-bond donors (Lipinski definition) is 9. The predicted octanol–water partition coefficient (Wildman–Crippen LogP) is -6.54. The zero-order valence-corrected chi connectivity index (χ0v) is 9.68. The van der Waals surface area contributed by atoms with Crippen LogP contribution in [0.4, 0.5) is 0 Å². The van der Waals surface area contributed by atoms with Gasteiger partial charge in [0.2, 0.25) is 0 Å². The van der Waals surface area contributed by atoms with Crippen molar-refractivity contribution in [1.29, 1.82) is 0 Å². The fourth-order valence-corrected chi connectivity index (χ4v) is 0. The smallest absolute Gasteiger partial charge is 0.402 e. The van der Waals surface area contributed by atoms with Gasteiger partial charge in [-0.1, -0.05) is 0 Å². The second-order valence-electron chi connectivity index (χ2n) is 1.04. The Balaban J connectivity index is -0.0000000450. The maximum Gasteiger partial charge on any atom is 0.631 e. The Morgan fingerprint density at radius 2 is 0.385 bits per heavy atom. The van der Waals surface area contributed by atoms with Crippen LogP contribution < -0.4 is 0 Å². The van der Waals surface area contributed by atoms with E-state index in [9.17, 15) is 0 Å². The molecule has 0 rings (SSSR count). The van der Waals surface area contributed by atoms with Gasteiger partial charge in [0.25, 0.3) is 0 Å². The fourth-order valence-electron chi connectivity index (χ4n) is 0. The molecule has 0 aromatic heterocycles. The van der Waals surface area contributed by atoms with E-state index in [-0.39, 0.29) is 26.2 Å². The molecular formula is H9B3BiO9. The number of hydrogen-bond acceptors (Lipinski definition) is 9. The third-order valence-corrected chi connectivity index (χ3v) is 0. The van der Waals surface area contributed by atoms with E-state index in [1.54, 1.807) is 0 Å². The van der Waals surface area contributed by atoms with Crippen LogP contribution in [0.15, 0.2) is 0 Å². The van der Waals surface area contributed by atoms with Crippen molar-refractivity contribution >= 4 is 48.2 Å². The van der Waals surface area contributed by atoms with Gasteiger partial charge < -0.3 is 45.2 Å². The van der Waals surface area contributed by atoms with Crippen LogP contribution >= 0.6 is 0 Å². The minimum Gasteiger partial charge on any atom is -0.402 e. The molecule has 0 aliphatic rings. The Morgan fingerprint density at radius 3 is 0.385 bits per heavy atom. The van der Waals surface area contributed by atoms with Crippen LogP contribution in [0.2, 0.25) is 0 Å². The van der Waals surface area contributed by atoms with Crippen molar-refractivity contribution in [2.45, 2.75) is 0 Å². The Kier molecular flexibility index (Phi) is 33.4. The summed E-state index contributed by atoms with van der Waals surface area (Å²) < 4.78 is 0. The van der Waals surface area contributed by atoms with Gasteiger partial charge in [0.15, 0.2) is 0 Å². The molecule has 0 amide bonds. The monoisotopic (exact) mass is 395 g/mol. The summed E-state index contributed by atoms with van der Waals surface area (Å²) in [7, 11) is -6.50. The van der Waals surface area contributed by atoms with E-state index in [4.69, 9.17) is 45.2 Å². The summed E-state index contributed by atoms with van der Waals surface area (Å²) in [5, 5.41) is 64.5. The minimum absolute atomic E-state index is 0. The molecule has 0 saturated carbocycles. The average molecular weight is 394 g/mol. The van der Waals surface area contributed by atoms with Gasteiger partial charge in [-0.15, -0.1) is 0 Å². The Labute approximate surface area is 93.6 Å². The normalized spacial score (nSPS) is 6.23. The van der Waals surface area contributed by atoms with E-state index in [2.05, 4.69) is 0 Å². The summed E-state index contributed by atoms with van der Waals surface area (Å²) >= 11 is 0. The first-order valence-corrected chi connectivity index (χ1v) is 2.32. The fraction of sp³-hybridized carbons (Fsp3) is 0. The van der Waals surface area contributed by atoms with Crippen LogP contribution in [-0.4, -0.2) is 93.4 Å². The van der Waals surface area contributed by atoms with E-state index in [0.29, 0.717) is 0 Å². The zero-order chi connectivity index (χ0) is 10.7. The standard InChI is InChI=1S/3BH3O3.Bi/c3*2-1(3)4;/h3*2-4H;. The van der Waals surface area contributed by atoms with Gasteiger partial charge in [-0.05, 0) is 0 Å². The van der Waals surface area contributed by atoms with E-state index < -0.39 is 22.0 Å². The predicted molar refractivity (Wildman–Crippen MR) is 43.0 cm³/mol. The van der Waals surface area contributed by atoms with Crippen LogP contribution in [0, 0.1) is 0 Å². The van der Waals surface area contributed by atoms with Crippen LogP contribution in [-0.2, 0) is 0 Å². The van der Waals surface area contributed by atoms with Crippen molar-refractivity contribution in [1.82, 2.24) is 0 Å². The van der Waals surface area contributed by atoms with Gasteiger partial charge in [-0.2, -0.15) is 0 Å². The topological polar surface area (TPSA) is 182 Å². The molecule has 0 atom stereocenters. The maximum absolute atomic E-state index is 7.17. The molecule has 0 aliphatic carbocycles. The van der Waals surface area contributed by atoms with E-state index >= 15 is 0 Å². The van der Waals surface area contributed by atoms with Crippen molar-refractivity contribution in [3.63, 3.8) is 0 Å². The third-order valence-electron chi connectivity index (χ3n) is 0. The zero-order valence-electron chi connectivity index (χ0n) is 6.20. The Bertz CT molecular complexity index is 43.4. The third kappa shape index (κ3) is 2830. The molecule has 0 aliphatic heterocycles. The summed E-state index contributed by atoms with van der Waals surface area (Å²) in [5.74, 6) is 0. The molecule has 9 N–H and O–H groups in total. The molecule has 9 nitrogen and oxygen atoms in total. The molecule has 0 unspecified atom stereocenters. The van der Waals surface area contributed by atoms with Crippen molar-refractivity contribution < 1.29 is 45.2 Å². The molecule has 0 spiro atoms. The largest absolute Gasteiger partial charge is 0.631 e. The van der Waals surface area contributed by atoms with Crippen LogP contribution in [0.3, 0.4) is 0 Å². The molecule has 0 saturated heterocycles. The molecule has 0 aromatic rings. The molecule has 13 heavy (non-hydrogen) atoms. The second kappa shape index (κ2) is 18.5. The van der Waals surface area contributed by atoms with Crippen LogP contribution in [0.25, 0.3) is 0 Å². The first kappa shape index (κ1) is 23.5. The minimum atomic E-state index is -2.17.